The summed E-state index contributed by atoms with van der Waals surface area (Å²) in [6, 6.07) is 0.0591. The van der Waals surface area contributed by atoms with Crippen molar-refractivity contribution in [3.63, 3.8) is 0 Å². The Morgan fingerprint density at radius 2 is 1.78 bits per heavy atom. The van der Waals surface area contributed by atoms with Crippen molar-refractivity contribution < 1.29 is 18.8 Å². The number of amides is 1. The van der Waals surface area contributed by atoms with Gasteiger partial charge in [0.2, 0.25) is 0 Å². The Bertz CT molecular complexity index is 491. The Balaban J connectivity index is 2.05. The van der Waals surface area contributed by atoms with Gasteiger partial charge >= 0.3 is 13.2 Å². The van der Waals surface area contributed by atoms with Crippen LogP contribution in [0, 0.1) is 0 Å². The molecule has 0 aromatic rings. The molecular formula is C17H30BNO4. The molecular weight excluding hydrogens is 293 g/mol. The van der Waals surface area contributed by atoms with Gasteiger partial charge < -0.3 is 18.9 Å². The third-order valence-electron chi connectivity index (χ3n) is 4.80. The highest BCUT2D eigenvalue weighted by molar-refractivity contribution is 6.54. The lowest BCUT2D eigenvalue weighted by Crippen LogP contribution is -2.45. The van der Waals surface area contributed by atoms with Gasteiger partial charge in [-0.05, 0) is 67.3 Å². The maximum Gasteiger partial charge on any atom is 0.490 e. The van der Waals surface area contributed by atoms with E-state index in [1.807, 2.05) is 61.5 Å². The smallest absolute Gasteiger partial charge is 0.444 e. The average molecular weight is 323 g/mol. The highest BCUT2D eigenvalue weighted by atomic mass is 16.7. The van der Waals surface area contributed by atoms with Gasteiger partial charge in [-0.15, -0.1) is 0 Å². The average Bonchev–Trinajstić information content (AvgIpc) is 2.56. The van der Waals surface area contributed by atoms with E-state index >= 15 is 0 Å². The van der Waals surface area contributed by atoms with Crippen LogP contribution in [0.25, 0.3) is 0 Å². The molecule has 0 spiro atoms. The molecule has 1 amide bonds. The van der Waals surface area contributed by atoms with Crippen LogP contribution >= 0.6 is 0 Å². The van der Waals surface area contributed by atoms with Crippen molar-refractivity contribution in [1.82, 2.24) is 4.90 Å². The highest BCUT2D eigenvalue weighted by Gasteiger charge is 2.52. The number of rotatable bonds is 1. The lowest BCUT2D eigenvalue weighted by molar-refractivity contribution is 0.00578. The van der Waals surface area contributed by atoms with Crippen molar-refractivity contribution >= 4 is 13.2 Å². The fourth-order valence-corrected chi connectivity index (χ4v) is 2.69. The first-order valence-electron chi connectivity index (χ1n) is 8.36. The van der Waals surface area contributed by atoms with Crippen LogP contribution in [0.15, 0.2) is 11.5 Å². The first-order valence-corrected chi connectivity index (χ1v) is 8.36. The van der Waals surface area contributed by atoms with Gasteiger partial charge in [-0.25, -0.2) is 4.79 Å². The molecule has 0 bridgehead atoms. The van der Waals surface area contributed by atoms with E-state index in [9.17, 15) is 4.79 Å². The number of carbonyl (C=O) groups is 1. The molecule has 0 saturated carbocycles. The zero-order valence-electron chi connectivity index (χ0n) is 15.7. The summed E-state index contributed by atoms with van der Waals surface area (Å²) in [6.07, 6.45) is 2.50. The number of hydrogen-bond acceptors (Lipinski definition) is 4. The molecule has 0 N–H and O–H groups in total. The standard InChI is InChI=1S/C17H30BNO4/c1-12-11-13(18-22-16(5,6)17(7,8)23-18)9-10-19(12)14(20)21-15(2,3)4/h9,12H,10-11H2,1-8H3. The molecule has 130 valence electrons. The third kappa shape index (κ3) is 3.91. The van der Waals surface area contributed by atoms with Crippen molar-refractivity contribution in [2.45, 2.75) is 84.7 Å². The van der Waals surface area contributed by atoms with Gasteiger partial charge in [0.15, 0.2) is 0 Å². The molecule has 1 unspecified atom stereocenters. The first-order chi connectivity index (χ1) is 10.3. The third-order valence-corrected chi connectivity index (χ3v) is 4.80. The first kappa shape index (κ1) is 18.3. The zero-order chi connectivity index (χ0) is 17.6. The molecule has 1 atom stereocenters. The monoisotopic (exact) mass is 323 g/mol. The number of nitrogens with zero attached hydrogens (tertiary/aromatic N) is 1. The van der Waals surface area contributed by atoms with Gasteiger partial charge in [-0.3, -0.25) is 0 Å². The maximum atomic E-state index is 12.3. The minimum Gasteiger partial charge on any atom is -0.444 e. The molecule has 0 aromatic carbocycles. The molecule has 1 saturated heterocycles. The van der Waals surface area contributed by atoms with Crippen LogP contribution in [0.1, 0.15) is 61.8 Å². The molecule has 0 aromatic heterocycles. The topological polar surface area (TPSA) is 48.0 Å². The molecule has 1 fully saturated rings. The van der Waals surface area contributed by atoms with Gasteiger partial charge in [-0.1, -0.05) is 6.08 Å². The maximum absolute atomic E-state index is 12.3. The molecule has 2 heterocycles. The van der Waals surface area contributed by atoms with Crippen LogP contribution in [0.2, 0.25) is 0 Å². The van der Waals surface area contributed by atoms with Crippen molar-refractivity contribution in [3.05, 3.63) is 11.5 Å². The van der Waals surface area contributed by atoms with E-state index in [0.29, 0.717) is 6.54 Å². The lowest BCUT2D eigenvalue weighted by atomic mass is 9.73. The summed E-state index contributed by atoms with van der Waals surface area (Å²) in [5, 5.41) is 0. The predicted octanol–water partition coefficient (Wildman–Crippen LogP) is 3.57. The van der Waals surface area contributed by atoms with Gasteiger partial charge in [-0.2, -0.15) is 0 Å². The Morgan fingerprint density at radius 3 is 2.22 bits per heavy atom. The fourth-order valence-electron chi connectivity index (χ4n) is 2.69. The Kier molecular flexibility index (Phi) is 4.64. The molecule has 2 aliphatic rings. The van der Waals surface area contributed by atoms with E-state index in [4.69, 9.17) is 14.0 Å². The van der Waals surface area contributed by atoms with Gasteiger partial charge in [0.1, 0.15) is 5.60 Å². The van der Waals surface area contributed by atoms with Crippen LogP contribution in [-0.4, -0.2) is 47.5 Å². The quantitative estimate of drug-likeness (QED) is 0.692. The van der Waals surface area contributed by atoms with Crippen LogP contribution in [0.4, 0.5) is 4.79 Å². The minimum atomic E-state index is -0.480. The lowest BCUT2D eigenvalue weighted by Gasteiger charge is -2.34. The van der Waals surface area contributed by atoms with Gasteiger partial charge in [0, 0.05) is 12.6 Å². The van der Waals surface area contributed by atoms with Crippen molar-refractivity contribution in [1.29, 1.82) is 0 Å². The molecule has 6 heteroatoms. The Labute approximate surface area is 140 Å². The molecule has 2 rings (SSSR count). The summed E-state index contributed by atoms with van der Waals surface area (Å²) < 4.78 is 17.7. The molecule has 0 radical (unpaired) electrons. The summed E-state index contributed by atoms with van der Waals surface area (Å²) in [5.41, 5.74) is -0.0587. The second-order valence-electron chi connectivity index (χ2n) is 8.55. The van der Waals surface area contributed by atoms with Crippen LogP contribution in [0.5, 0.6) is 0 Å². The summed E-state index contributed by atoms with van der Waals surface area (Å²) in [5.74, 6) is 0. The Morgan fingerprint density at radius 1 is 1.26 bits per heavy atom. The molecule has 2 aliphatic heterocycles. The van der Waals surface area contributed by atoms with E-state index in [1.54, 1.807) is 4.90 Å². The van der Waals surface area contributed by atoms with E-state index < -0.39 is 5.60 Å². The predicted molar refractivity (Wildman–Crippen MR) is 91.2 cm³/mol. The van der Waals surface area contributed by atoms with E-state index in [0.717, 1.165) is 11.9 Å². The van der Waals surface area contributed by atoms with Crippen LogP contribution < -0.4 is 0 Å². The van der Waals surface area contributed by atoms with Crippen molar-refractivity contribution in [2.75, 3.05) is 6.54 Å². The number of hydrogen-bond donors (Lipinski definition) is 0. The molecule has 5 nitrogen and oxygen atoms in total. The summed E-state index contributed by atoms with van der Waals surface area (Å²) in [6.45, 7) is 16.4. The highest BCUT2D eigenvalue weighted by Crippen LogP contribution is 2.40. The SMILES string of the molecule is CC1CC(B2OC(C)(C)C(C)(C)O2)=CCN1C(=O)OC(C)(C)C. The fraction of sp³-hybridized carbons (Fsp3) is 0.824. The Hall–Kier alpha value is -1.01. The molecule has 0 aliphatic carbocycles. The van der Waals surface area contributed by atoms with Crippen molar-refractivity contribution in [2.24, 2.45) is 0 Å². The summed E-state index contributed by atoms with van der Waals surface area (Å²) in [7, 11) is -0.330. The second kappa shape index (κ2) is 5.81. The van der Waals surface area contributed by atoms with E-state index in [-0.39, 0.29) is 30.5 Å². The van der Waals surface area contributed by atoms with Gasteiger partial charge in [0.25, 0.3) is 0 Å². The second-order valence-corrected chi connectivity index (χ2v) is 8.55. The van der Waals surface area contributed by atoms with Gasteiger partial charge in [0.05, 0.1) is 11.2 Å². The normalized spacial score (nSPS) is 27.0. The van der Waals surface area contributed by atoms with Crippen LogP contribution in [-0.2, 0) is 14.0 Å². The van der Waals surface area contributed by atoms with Crippen LogP contribution in [0.3, 0.4) is 0 Å². The zero-order valence-corrected chi connectivity index (χ0v) is 15.7. The number of carbonyl (C=O) groups excluding carboxylic acids is 1. The number of ether oxygens (including phenoxy) is 1. The largest absolute Gasteiger partial charge is 0.490 e. The van der Waals surface area contributed by atoms with Crippen molar-refractivity contribution in [3.8, 4) is 0 Å². The minimum absolute atomic E-state index is 0.0591. The molecule has 23 heavy (non-hydrogen) atoms. The van der Waals surface area contributed by atoms with E-state index in [1.165, 1.54) is 0 Å². The summed E-state index contributed by atoms with van der Waals surface area (Å²) >= 11 is 0. The summed E-state index contributed by atoms with van der Waals surface area (Å²) in [4.78, 5) is 14.0. The van der Waals surface area contributed by atoms with E-state index in [2.05, 4.69) is 0 Å².